The number of hydrogen-bond acceptors (Lipinski definition) is 3. The van der Waals surface area contributed by atoms with Crippen molar-refractivity contribution in [1.82, 2.24) is 4.90 Å². The van der Waals surface area contributed by atoms with E-state index >= 15 is 0 Å². The van der Waals surface area contributed by atoms with Crippen LogP contribution in [-0.4, -0.2) is 33.8 Å². The quantitative estimate of drug-likeness (QED) is 0.600. The predicted molar refractivity (Wildman–Crippen MR) is 53.5 cm³/mol. The molecule has 1 aliphatic heterocycles. The van der Waals surface area contributed by atoms with E-state index in [1.54, 1.807) is 18.8 Å². The molecule has 2 amide bonds. The van der Waals surface area contributed by atoms with E-state index in [1.807, 2.05) is 20.8 Å². The van der Waals surface area contributed by atoms with Crippen LogP contribution < -0.4 is 0 Å². The molecule has 1 atom stereocenters. The Hall–Kier alpha value is -0.510. The van der Waals surface area contributed by atoms with Gasteiger partial charge in [0.2, 0.25) is 11.8 Å². The molecule has 1 saturated heterocycles. The van der Waals surface area contributed by atoms with Crippen LogP contribution in [0.2, 0.25) is 0 Å². The number of hydrogen-bond donors (Lipinski definition) is 0. The Kier molecular flexibility index (Phi) is 2.71. The van der Waals surface area contributed by atoms with Gasteiger partial charge in [-0.1, -0.05) is 20.8 Å². The lowest BCUT2D eigenvalue weighted by molar-refractivity contribution is -0.136. The van der Waals surface area contributed by atoms with Crippen molar-refractivity contribution < 1.29 is 9.59 Å². The standard InChI is InChI=1S/C9H15NO2S/c1-9(2,3)13-6-5-7(11)10(4)8(6)12/h6H,5H2,1-4H3. The highest BCUT2D eigenvalue weighted by atomic mass is 32.2. The van der Waals surface area contributed by atoms with E-state index in [4.69, 9.17) is 0 Å². The summed E-state index contributed by atoms with van der Waals surface area (Å²) in [5.41, 5.74) is 0. The van der Waals surface area contributed by atoms with Crippen molar-refractivity contribution in [2.45, 2.75) is 37.2 Å². The van der Waals surface area contributed by atoms with Crippen molar-refractivity contribution in [3.05, 3.63) is 0 Å². The number of likely N-dealkylation sites (tertiary alicyclic amines) is 1. The summed E-state index contributed by atoms with van der Waals surface area (Å²) in [6.07, 6.45) is 0.358. The Morgan fingerprint density at radius 3 is 2.23 bits per heavy atom. The van der Waals surface area contributed by atoms with Gasteiger partial charge in [0, 0.05) is 18.2 Å². The Morgan fingerprint density at radius 2 is 1.92 bits per heavy atom. The number of nitrogens with zero attached hydrogens (tertiary/aromatic N) is 1. The van der Waals surface area contributed by atoms with Crippen LogP contribution in [0.25, 0.3) is 0 Å². The summed E-state index contributed by atoms with van der Waals surface area (Å²) in [6, 6.07) is 0. The molecule has 1 rings (SSSR count). The normalized spacial score (nSPS) is 24.3. The van der Waals surface area contributed by atoms with Gasteiger partial charge < -0.3 is 0 Å². The van der Waals surface area contributed by atoms with Crippen molar-refractivity contribution >= 4 is 23.6 Å². The van der Waals surface area contributed by atoms with Crippen molar-refractivity contribution in [2.24, 2.45) is 0 Å². The average Bonchev–Trinajstić information content (AvgIpc) is 2.15. The minimum atomic E-state index is -0.169. The lowest BCUT2D eigenvalue weighted by atomic mass is 10.3. The summed E-state index contributed by atoms with van der Waals surface area (Å²) in [5, 5.41) is -0.169. The van der Waals surface area contributed by atoms with Crippen molar-refractivity contribution in [1.29, 1.82) is 0 Å². The fraction of sp³-hybridized carbons (Fsp3) is 0.778. The first kappa shape index (κ1) is 10.6. The van der Waals surface area contributed by atoms with Gasteiger partial charge in [0.1, 0.15) is 0 Å². The fourth-order valence-electron chi connectivity index (χ4n) is 1.24. The van der Waals surface area contributed by atoms with Crippen molar-refractivity contribution in [3.8, 4) is 0 Å². The summed E-state index contributed by atoms with van der Waals surface area (Å²) in [5.74, 6) is -0.114. The van der Waals surface area contributed by atoms with Gasteiger partial charge >= 0.3 is 0 Å². The summed E-state index contributed by atoms with van der Waals surface area (Å²) < 4.78 is 0.0335. The van der Waals surface area contributed by atoms with Gasteiger partial charge in [-0.3, -0.25) is 14.5 Å². The van der Waals surface area contributed by atoms with Crippen LogP contribution in [0.3, 0.4) is 0 Å². The highest BCUT2D eigenvalue weighted by Crippen LogP contribution is 2.33. The Morgan fingerprint density at radius 1 is 1.38 bits per heavy atom. The molecule has 0 aromatic heterocycles. The zero-order valence-electron chi connectivity index (χ0n) is 8.46. The number of carbonyl (C=O) groups excluding carboxylic acids is 2. The number of thioether (sulfide) groups is 1. The Labute approximate surface area is 82.9 Å². The number of rotatable bonds is 1. The molecule has 1 unspecified atom stereocenters. The molecule has 3 nitrogen and oxygen atoms in total. The third-order valence-corrected chi connectivity index (χ3v) is 3.20. The number of imide groups is 1. The molecule has 74 valence electrons. The highest BCUT2D eigenvalue weighted by Gasteiger charge is 2.38. The minimum absolute atomic E-state index is 0.0335. The molecule has 0 bridgehead atoms. The zero-order valence-corrected chi connectivity index (χ0v) is 9.27. The van der Waals surface area contributed by atoms with Crippen molar-refractivity contribution in [3.63, 3.8) is 0 Å². The molecule has 0 aromatic carbocycles. The topological polar surface area (TPSA) is 37.4 Å². The van der Waals surface area contributed by atoms with Crippen LogP contribution in [0, 0.1) is 0 Å². The van der Waals surface area contributed by atoms with Crippen LogP contribution in [0.4, 0.5) is 0 Å². The Bertz CT molecular complexity index is 244. The first-order valence-corrected chi connectivity index (χ1v) is 5.17. The maximum absolute atomic E-state index is 11.5. The largest absolute Gasteiger partial charge is 0.285 e. The molecule has 0 spiro atoms. The molecule has 4 heteroatoms. The zero-order chi connectivity index (χ0) is 10.2. The molecule has 0 aliphatic carbocycles. The van der Waals surface area contributed by atoms with Gasteiger partial charge in [-0.2, -0.15) is 0 Å². The molecule has 0 saturated carbocycles. The van der Waals surface area contributed by atoms with Crippen LogP contribution in [-0.2, 0) is 9.59 Å². The van der Waals surface area contributed by atoms with Gasteiger partial charge in [0.25, 0.3) is 0 Å². The van der Waals surface area contributed by atoms with Crippen molar-refractivity contribution in [2.75, 3.05) is 7.05 Å². The van der Waals surface area contributed by atoms with Gasteiger partial charge in [0.05, 0.1) is 5.25 Å². The lowest BCUT2D eigenvalue weighted by Crippen LogP contribution is -2.28. The SMILES string of the molecule is CN1C(=O)CC(SC(C)(C)C)C1=O. The fourth-order valence-corrected chi connectivity index (χ4v) is 2.58. The molecule has 13 heavy (non-hydrogen) atoms. The molecule has 0 radical (unpaired) electrons. The summed E-state index contributed by atoms with van der Waals surface area (Å²) in [4.78, 5) is 23.9. The van der Waals surface area contributed by atoms with E-state index < -0.39 is 0 Å². The third-order valence-electron chi connectivity index (χ3n) is 1.84. The predicted octanol–water partition coefficient (Wildman–Crippen LogP) is 1.28. The summed E-state index contributed by atoms with van der Waals surface area (Å²) in [6.45, 7) is 6.15. The van der Waals surface area contributed by atoms with E-state index in [0.29, 0.717) is 6.42 Å². The Balaban J connectivity index is 2.65. The minimum Gasteiger partial charge on any atom is -0.285 e. The van der Waals surface area contributed by atoms with E-state index in [-0.39, 0.29) is 21.8 Å². The molecule has 1 fully saturated rings. The van der Waals surface area contributed by atoms with Crippen LogP contribution in [0.15, 0.2) is 0 Å². The average molecular weight is 201 g/mol. The smallest absolute Gasteiger partial charge is 0.242 e. The number of amides is 2. The van der Waals surface area contributed by atoms with Crippen LogP contribution in [0.1, 0.15) is 27.2 Å². The third kappa shape index (κ3) is 2.46. The molecule has 0 N–H and O–H groups in total. The first-order chi connectivity index (χ1) is 5.81. The van der Waals surface area contributed by atoms with E-state index in [1.165, 1.54) is 4.90 Å². The second kappa shape index (κ2) is 3.33. The van der Waals surface area contributed by atoms with Gasteiger partial charge in [0.15, 0.2) is 0 Å². The maximum Gasteiger partial charge on any atom is 0.242 e. The first-order valence-electron chi connectivity index (χ1n) is 4.29. The summed E-state index contributed by atoms with van der Waals surface area (Å²) in [7, 11) is 1.55. The lowest BCUT2D eigenvalue weighted by Gasteiger charge is -2.20. The van der Waals surface area contributed by atoms with Crippen LogP contribution >= 0.6 is 11.8 Å². The van der Waals surface area contributed by atoms with Gasteiger partial charge in [-0.05, 0) is 0 Å². The second-order valence-electron chi connectivity index (χ2n) is 4.21. The van der Waals surface area contributed by atoms with E-state index in [2.05, 4.69) is 0 Å². The molecular weight excluding hydrogens is 186 g/mol. The van der Waals surface area contributed by atoms with Gasteiger partial charge in [-0.25, -0.2) is 0 Å². The number of carbonyl (C=O) groups is 2. The molecule has 0 aromatic rings. The molecule has 1 heterocycles. The maximum atomic E-state index is 11.5. The molecule has 1 aliphatic rings. The molecular formula is C9H15NO2S. The van der Waals surface area contributed by atoms with Gasteiger partial charge in [-0.15, -0.1) is 11.8 Å². The monoisotopic (exact) mass is 201 g/mol. The summed E-state index contributed by atoms with van der Waals surface area (Å²) >= 11 is 1.57. The highest BCUT2D eigenvalue weighted by molar-refractivity contribution is 8.01. The second-order valence-corrected chi connectivity index (χ2v) is 6.24. The van der Waals surface area contributed by atoms with E-state index in [9.17, 15) is 9.59 Å². The van der Waals surface area contributed by atoms with E-state index in [0.717, 1.165) is 0 Å². The van der Waals surface area contributed by atoms with Crippen LogP contribution in [0.5, 0.6) is 0 Å².